The molecule has 2 nitrogen and oxygen atoms in total. The summed E-state index contributed by atoms with van der Waals surface area (Å²) < 4.78 is 0. The van der Waals surface area contributed by atoms with E-state index in [0.29, 0.717) is 0 Å². The summed E-state index contributed by atoms with van der Waals surface area (Å²) in [5.41, 5.74) is 12.7. The molecule has 0 bridgehead atoms. The van der Waals surface area contributed by atoms with Gasteiger partial charge in [-0.25, -0.2) is 0 Å². The molecule has 0 radical (unpaired) electrons. The first-order valence-corrected chi connectivity index (χ1v) is 15.9. The Kier molecular flexibility index (Phi) is 7.36. The van der Waals surface area contributed by atoms with Crippen LogP contribution in [0.2, 0.25) is 0 Å². The minimum absolute atomic E-state index is 0.139. The van der Waals surface area contributed by atoms with Crippen LogP contribution in [0.15, 0.2) is 170 Å². The second-order valence-corrected chi connectivity index (χ2v) is 11.9. The largest absolute Gasteiger partial charge is 0.312 e. The Balaban J connectivity index is 1.28. The lowest BCUT2D eigenvalue weighted by molar-refractivity contribution is 0.509. The molecule has 2 unspecified atom stereocenters. The number of rotatable bonds is 7. The predicted octanol–water partition coefficient (Wildman–Crippen LogP) is 11.0. The zero-order valence-corrected chi connectivity index (χ0v) is 25.5. The van der Waals surface area contributed by atoms with Crippen LogP contribution in [0, 0.1) is 0 Å². The van der Waals surface area contributed by atoms with Gasteiger partial charge in [0.15, 0.2) is 0 Å². The zero-order chi connectivity index (χ0) is 30.9. The Morgan fingerprint density at radius 1 is 0.457 bits per heavy atom. The molecule has 0 aromatic heterocycles. The Morgan fingerprint density at radius 3 is 1.91 bits per heavy atom. The number of hydrogen-bond acceptors (Lipinski definition) is 2. The summed E-state index contributed by atoms with van der Waals surface area (Å²) in [4.78, 5) is 0. The lowest BCUT2D eigenvalue weighted by atomic mass is 9.92. The van der Waals surface area contributed by atoms with Gasteiger partial charge in [0.25, 0.3) is 0 Å². The van der Waals surface area contributed by atoms with Crippen LogP contribution in [0.25, 0.3) is 60.3 Å². The highest BCUT2D eigenvalue weighted by Gasteiger charge is 2.16. The van der Waals surface area contributed by atoms with Gasteiger partial charge in [0.05, 0.1) is 12.2 Å². The Hall–Kier alpha value is -5.54. The molecule has 0 aliphatic carbocycles. The van der Waals surface area contributed by atoms with Crippen molar-refractivity contribution in [1.29, 1.82) is 0 Å². The Morgan fingerprint density at radius 2 is 1.09 bits per heavy atom. The summed E-state index contributed by atoms with van der Waals surface area (Å²) in [5, 5.41) is 13.7. The molecule has 0 fully saturated rings. The fourth-order valence-electron chi connectivity index (χ4n) is 6.82. The molecule has 2 heteroatoms. The maximum absolute atomic E-state index is 6.82. The van der Waals surface area contributed by atoms with Crippen molar-refractivity contribution in [3.05, 3.63) is 187 Å². The first-order chi connectivity index (χ1) is 22.7. The van der Waals surface area contributed by atoms with Crippen LogP contribution in [0.4, 0.5) is 0 Å². The highest BCUT2D eigenvalue weighted by molar-refractivity contribution is 6.16. The van der Waals surface area contributed by atoms with Crippen molar-refractivity contribution in [2.24, 2.45) is 5.73 Å². The van der Waals surface area contributed by atoms with Gasteiger partial charge in [-0.2, -0.15) is 0 Å². The van der Waals surface area contributed by atoms with Gasteiger partial charge in [-0.1, -0.05) is 164 Å². The maximum atomic E-state index is 6.82. The van der Waals surface area contributed by atoms with E-state index in [-0.39, 0.29) is 12.2 Å². The standard InChI is InChI=1S/C44H34N2/c45-44(32-14-2-1-3-15-32)46-43(35-19-10-18-33(28-35)38-23-11-17-30-12-4-7-20-36(30)38)27-26-40-39-22-9-6-16-34(39)29-42-37-21-8-5-13-31(37)24-25-41(40)42/h1-29,43-44,46H,45H2/b27-26+. The summed E-state index contributed by atoms with van der Waals surface area (Å²) in [5.74, 6) is 0. The number of nitrogens with two attached hydrogens (primary N) is 1. The van der Waals surface area contributed by atoms with E-state index in [1.54, 1.807) is 0 Å². The van der Waals surface area contributed by atoms with Crippen LogP contribution in [0.3, 0.4) is 0 Å². The van der Waals surface area contributed by atoms with Crippen molar-refractivity contribution in [3.8, 4) is 11.1 Å². The summed E-state index contributed by atoms with van der Waals surface area (Å²) in [6, 6.07) is 58.2. The van der Waals surface area contributed by atoms with E-state index in [9.17, 15) is 0 Å². The molecule has 0 aliphatic heterocycles. The van der Waals surface area contributed by atoms with Gasteiger partial charge >= 0.3 is 0 Å². The molecule has 0 saturated carbocycles. The molecule has 0 amide bonds. The minimum Gasteiger partial charge on any atom is -0.312 e. The first-order valence-electron chi connectivity index (χ1n) is 15.9. The smallest absolute Gasteiger partial charge is 0.0817 e. The van der Waals surface area contributed by atoms with Gasteiger partial charge in [0, 0.05) is 0 Å². The van der Waals surface area contributed by atoms with E-state index in [1.807, 2.05) is 18.2 Å². The minimum atomic E-state index is -0.342. The van der Waals surface area contributed by atoms with E-state index in [0.717, 1.165) is 11.1 Å². The van der Waals surface area contributed by atoms with Crippen molar-refractivity contribution < 1.29 is 0 Å². The summed E-state index contributed by atoms with van der Waals surface area (Å²) in [6.45, 7) is 0. The second kappa shape index (κ2) is 12.1. The van der Waals surface area contributed by atoms with Gasteiger partial charge < -0.3 is 5.73 Å². The molecule has 0 heterocycles. The average Bonchev–Trinajstić information content (AvgIpc) is 3.12. The maximum Gasteiger partial charge on any atom is 0.0817 e. The molecule has 0 aliphatic rings. The molecule has 8 aromatic carbocycles. The van der Waals surface area contributed by atoms with Gasteiger partial charge in [-0.3, -0.25) is 5.32 Å². The van der Waals surface area contributed by atoms with Crippen molar-refractivity contribution >= 4 is 49.2 Å². The Labute approximate surface area is 269 Å². The molecule has 2 atom stereocenters. The third kappa shape index (κ3) is 5.24. The molecule has 8 aromatic rings. The van der Waals surface area contributed by atoms with Crippen molar-refractivity contribution in [2.45, 2.75) is 12.2 Å². The monoisotopic (exact) mass is 590 g/mol. The van der Waals surface area contributed by atoms with E-state index in [4.69, 9.17) is 5.73 Å². The highest BCUT2D eigenvalue weighted by atomic mass is 15.0. The fourth-order valence-corrected chi connectivity index (χ4v) is 6.82. The van der Waals surface area contributed by atoms with Crippen LogP contribution >= 0.6 is 0 Å². The second-order valence-electron chi connectivity index (χ2n) is 11.9. The molecule has 46 heavy (non-hydrogen) atoms. The van der Waals surface area contributed by atoms with Gasteiger partial charge in [-0.05, 0) is 83.0 Å². The predicted molar refractivity (Wildman–Crippen MR) is 197 cm³/mol. The molecular formula is C44H34N2. The van der Waals surface area contributed by atoms with Crippen molar-refractivity contribution in [2.75, 3.05) is 0 Å². The topological polar surface area (TPSA) is 38.0 Å². The lowest BCUT2D eigenvalue weighted by Gasteiger charge is -2.23. The van der Waals surface area contributed by atoms with Crippen LogP contribution in [0.1, 0.15) is 28.9 Å². The molecule has 0 saturated heterocycles. The molecule has 0 spiro atoms. The zero-order valence-electron chi connectivity index (χ0n) is 25.5. The molecule has 3 N–H and O–H groups in total. The van der Waals surface area contributed by atoms with Gasteiger partial charge in [0.1, 0.15) is 0 Å². The highest BCUT2D eigenvalue weighted by Crippen LogP contribution is 2.36. The van der Waals surface area contributed by atoms with Crippen LogP contribution in [-0.2, 0) is 0 Å². The number of benzene rings is 8. The third-order valence-corrected chi connectivity index (χ3v) is 9.13. The first kappa shape index (κ1) is 28.0. The quantitative estimate of drug-likeness (QED) is 0.110. The van der Waals surface area contributed by atoms with Crippen LogP contribution < -0.4 is 11.1 Å². The third-order valence-electron chi connectivity index (χ3n) is 9.13. The lowest BCUT2D eigenvalue weighted by Crippen LogP contribution is -2.31. The number of fused-ring (bicyclic) bond motifs is 5. The Bertz CT molecular complexity index is 2370. The summed E-state index contributed by atoms with van der Waals surface area (Å²) >= 11 is 0. The van der Waals surface area contributed by atoms with E-state index in [1.165, 1.54) is 59.8 Å². The molecule has 220 valence electrons. The fraction of sp³-hybridized carbons (Fsp3) is 0.0455. The molecule has 8 rings (SSSR count). The number of nitrogens with one attached hydrogen (secondary N) is 1. The summed E-state index contributed by atoms with van der Waals surface area (Å²) in [7, 11) is 0. The van der Waals surface area contributed by atoms with E-state index >= 15 is 0 Å². The van der Waals surface area contributed by atoms with Crippen molar-refractivity contribution in [1.82, 2.24) is 5.32 Å². The van der Waals surface area contributed by atoms with E-state index < -0.39 is 0 Å². The van der Waals surface area contributed by atoms with Crippen LogP contribution in [-0.4, -0.2) is 0 Å². The SMILES string of the molecule is NC(NC(/C=C/c1c2ccccc2cc2c1ccc1ccccc12)c1cccc(-c2cccc3ccccc23)c1)c1ccccc1. The van der Waals surface area contributed by atoms with Gasteiger partial charge in [-0.15, -0.1) is 0 Å². The normalized spacial score (nSPS) is 13.2. The van der Waals surface area contributed by atoms with Crippen LogP contribution in [0.5, 0.6) is 0 Å². The molecular weight excluding hydrogens is 556 g/mol. The number of hydrogen-bond donors (Lipinski definition) is 2. The average molecular weight is 591 g/mol. The van der Waals surface area contributed by atoms with Crippen molar-refractivity contribution in [3.63, 3.8) is 0 Å². The van der Waals surface area contributed by atoms with E-state index in [2.05, 4.69) is 163 Å². The van der Waals surface area contributed by atoms with Gasteiger partial charge in [0.2, 0.25) is 0 Å². The summed E-state index contributed by atoms with van der Waals surface area (Å²) in [6.07, 6.45) is 4.23.